The zero-order valence-corrected chi connectivity index (χ0v) is 23.8. The quantitative estimate of drug-likeness (QED) is 0.134. The molecule has 0 unspecified atom stereocenters. The van der Waals surface area contributed by atoms with Crippen molar-refractivity contribution in [1.82, 2.24) is 15.1 Å². The van der Waals surface area contributed by atoms with Gasteiger partial charge in [-0.2, -0.15) is 11.8 Å². The highest BCUT2D eigenvalue weighted by Gasteiger charge is 2.08. The first-order valence-corrected chi connectivity index (χ1v) is 15.5. The Morgan fingerprint density at radius 2 is 1.18 bits per heavy atom. The Bertz CT molecular complexity index is 409. The van der Waals surface area contributed by atoms with E-state index in [0.717, 1.165) is 39.0 Å². The molecule has 0 heterocycles. The second-order valence-electron chi connectivity index (χ2n) is 9.75. The van der Waals surface area contributed by atoms with Crippen LogP contribution in [0.15, 0.2) is 0 Å². The Morgan fingerprint density at radius 1 is 0.636 bits per heavy atom. The number of rotatable bonds is 26. The first-order valence-electron chi connectivity index (χ1n) is 14.4. The summed E-state index contributed by atoms with van der Waals surface area (Å²) in [5, 5.41) is 3.14. The van der Waals surface area contributed by atoms with E-state index in [0.29, 0.717) is 6.42 Å². The summed E-state index contributed by atoms with van der Waals surface area (Å²) >= 11 is 2.04. The van der Waals surface area contributed by atoms with E-state index in [1.807, 2.05) is 11.8 Å². The Hall–Kier alpha value is -0.260. The van der Waals surface area contributed by atoms with Gasteiger partial charge in [-0.05, 0) is 39.4 Å². The van der Waals surface area contributed by atoms with E-state index >= 15 is 0 Å². The number of amides is 1. The number of carbonyl (C=O) groups is 1. The van der Waals surface area contributed by atoms with Crippen LogP contribution in [-0.2, 0) is 4.79 Å². The number of thioether (sulfide) groups is 1. The smallest absolute Gasteiger partial charge is 0.221 e. The van der Waals surface area contributed by atoms with Crippen molar-refractivity contribution in [2.45, 2.75) is 117 Å². The minimum Gasteiger partial charge on any atom is -0.356 e. The molecule has 0 aliphatic heterocycles. The van der Waals surface area contributed by atoms with Crippen LogP contribution >= 0.6 is 11.8 Å². The maximum absolute atomic E-state index is 12.2. The van der Waals surface area contributed by atoms with Crippen molar-refractivity contribution in [3.8, 4) is 0 Å². The Labute approximate surface area is 212 Å². The number of unbranched alkanes of at least 4 members (excludes halogenated alkanes) is 11. The van der Waals surface area contributed by atoms with Gasteiger partial charge in [0.25, 0.3) is 0 Å². The van der Waals surface area contributed by atoms with Crippen molar-refractivity contribution >= 4 is 17.7 Å². The van der Waals surface area contributed by atoms with Crippen LogP contribution < -0.4 is 5.32 Å². The van der Waals surface area contributed by atoms with E-state index in [4.69, 9.17) is 0 Å². The number of hydrogen-bond donors (Lipinski definition) is 1. The van der Waals surface area contributed by atoms with Gasteiger partial charge in [-0.3, -0.25) is 4.79 Å². The van der Waals surface area contributed by atoms with Gasteiger partial charge < -0.3 is 15.1 Å². The molecule has 0 aliphatic carbocycles. The molecule has 33 heavy (non-hydrogen) atoms. The fraction of sp³-hybridized carbons (Fsp3) is 0.964. The molecule has 0 spiro atoms. The maximum Gasteiger partial charge on any atom is 0.221 e. The molecule has 0 aliphatic rings. The first kappa shape index (κ1) is 32.7. The molecule has 1 amide bonds. The summed E-state index contributed by atoms with van der Waals surface area (Å²) in [4.78, 5) is 17.1. The maximum atomic E-state index is 12.2. The lowest BCUT2D eigenvalue weighted by atomic mass is 10.1. The van der Waals surface area contributed by atoms with Crippen LogP contribution in [0, 0.1) is 0 Å². The average molecular weight is 486 g/mol. The third-order valence-corrected chi connectivity index (χ3v) is 7.26. The van der Waals surface area contributed by atoms with E-state index in [1.165, 1.54) is 102 Å². The standard InChI is InChI=1S/C28H59N3OS/c1-5-8-9-10-11-12-13-14-15-16-17-18-20-29-28(32)19-23-31(22-7-3)25-27-33-26-24-30(4)21-6-2/h5-27H2,1-4H3,(H,29,32). The zero-order chi connectivity index (χ0) is 24.4. The zero-order valence-electron chi connectivity index (χ0n) is 23.0. The number of carbonyl (C=O) groups excluding carboxylic acids is 1. The second kappa shape index (κ2) is 26.3. The summed E-state index contributed by atoms with van der Waals surface area (Å²) in [6, 6.07) is 0. The number of nitrogens with one attached hydrogen (secondary N) is 1. The third kappa shape index (κ3) is 24.7. The van der Waals surface area contributed by atoms with Gasteiger partial charge in [0.2, 0.25) is 5.91 Å². The normalized spacial score (nSPS) is 11.6. The Morgan fingerprint density at radius 3 is 1.76 bits per heavy atom. The minimum atomic E-state index is 0.230. The topological polar surface area (TPSA) is 35.6 Å². The van der Waals surface area contributed by atoms with E-state index in [9.17, 15) is 4.79 Å². The van der Waals surface area contributed by atoms with E-state index in [2.05, 4.69) is 42.9 Å². The van der Waals surface area contributed by atoms with Gasteiger partial charge in [-0.25, -0.2) is 0 Å². The molecule has 1 N–H and O–H groups in total. The molecule has 198 valence electrons. The summed E-state index contributed by atoms with van der Waals surface area (Å²) < 4.78 is 0. The molecule has 0 radical (unpaired) electrons. The molecule has 0 aromatic carbocycles. The molecule has 0 aromatic rings. The molecule has 0 saturated heterocycles. The van der Waals surface area contributed by atoms with Crippen molar-refractivity contribution in [2.24, 2.45) is 0 Å². The third-order valence-electron chi connectivity index (χ3n) is 6.32. The van der Waals surface area contributed by atoms with Gasteiger partial charge >= 0.3 is 0 Å². The predicted octanol–water partition coefficient (Wildman–Crippen LogP) is 6.98. The largest absolute Gasteiger partial charge is 0.356 e. The summed E-state index contributed by atoms with van der Waals surface area (Å²) in [5.74, 6) is 2.60. The molecule has 5 heteroatoms. The van der Waals surface area contributed by atoms with Crippen LogP contribution in [0.5, 0.6) is 0 Å². The fourth-order valence-electron chi connectivity index (χ4n) is 4.20. The highest BCUT2D eigenvalue weighted by molar-refractivity contribution is 7.99. The second-order valence-corrected chi connectivity index (χ2v) is 11.0. The lowest BCUT2D eigenvalue weighted by Gasteiger charge is -2.21. The van der Waals surface area contributed by atoms with Gasteiger partial charge in [-0.1, -0.05) is 91.4 Å². The van der Waals surface area contributed by atoms with Crippen LogP contribution in [0.4, 0.5) is 0 Å². The monoisotopic (exact) mass is 485 g/mol. The van der Waals surface area contributed by atoms with Gasteiger partial charge in [-0.15, -0.1) is 0 Å². The van der Waals surface area contributed by atoms with Crippen LogP contribution in [0.25, 0.3) is 0 Å². The van der Waals surface area contributed by atoms with Crippen molar-refractivity contribution in [3.63, 3.8) is 0 Å². The summed E-state index contributed by atoms with van der Waals surface area (Å²) in [5.41, 5.74) is 0. The van der Waals surface area contributed by atoms with Gasteiger partial charge in [0, 0.05) is 44.1 Å². The number of nitrogens with zero attached hydrogens (tertiary/aromatic N) is 2. The summed E-state index contributed by atoms with van der Waals surface area (Å²) in [7, 11) is 2.21. The molecule has 0 fully saturated rings. The lowest BCUT2D eigenvalue weighted by molar-refractivity contribution is -0.121. The van der Waals surface area contributed by atoms with Gasteiger partial charge in [0.15, 0.2) is 0 Å². The Kier molecular flexibility index (Phi) is 26.1. The van der Waals surface area contributed by atoms with E-state index in [1.54, 1.807) is 0 Å². The van der Waals surface area contributed by atoms with Gasteiger partial charge in [0.05, 0.1) is 0 Å². The van der Waals surface area contributed by atoms with Crippen LogP contribution in [-0.4, -0.2) is 73.5 Å². The predicted molar refractivity (Wildman–Crippen MR) is 151 cm³/mol. The average Bonchev–Trinajstić information content (AvgIpc) is 2.80. The van der Waals surface area contributed by atoms with E-state index < -0.39 is 0 Å². The molecule has 0 bridgehead atoms. The minimum absolute atomic E-state index is 0.230. The van der Waals surface area contributed by atoms with Crippen molar-refractivity contribution in [2.75, 3.05) is 57.8 Å². The molecule has 0 aromatic heterocycles. The summed E-state index contributed by atoms with van der Waals surface area (Å²) in [6.07, 6.45) is 19.3. The molecule has 0 atom stereocenters. The molecule has 0 rings (SSSR count). The van der Waals surface area contributed by atoms with Crippen LogP contribution in [0.3, 0.4) is 0 Å². The van der Waals surface area contributed by atoms with Crippen LogP contribution in [0.1, 0.15) is 117 Å². The fourth-order valence-corrected chi connectivity index (χ4v) is 5.24. The Balaban J connectivity index is 3.57. The molecule has 4 nitrogen and oxygen atoms in total. The first-order chi connectivity index (χ1) is 16.1. The SMILES string of the molecule is CCCCCCCCCCCCCCNC(=O)CCN(CCC)CCSCCN(C)CCC. The molecular formula is C28H59N3OS. The molecule has 0 saturated carbocycles. The van der Waals surface area contributed by atoms with Crippen LogP contribution in [0.2, 0.25) is 0 Å². The van der Waals surface area contributed by atoms with Crippen molar-refractivity contribution in [1.29, 1.82) is 0 Å². The van der Waals surface area contributed by atoms with Crippen molar-refractivity contribution in [3.05, 3.63) is 0 Å². The van der Waals surface area contributed by atoms with Crippen molar-refractivity contribution < 1.29 is 4.79 Å². The number of hydrogen-bond acceptors (Lipinski definition) is 4. The van der Waals surface area contributed by atoms with E-state index in [-0.39, 0.29) is 5.91 Å². The molecular weight excluding hydrogens is 426 g/mol. The summed E-state index contributed by atoms with van der Waals surface area (Å²) in [6.45, 7) is 13.1. The highest BCUT2D eigenvalue weighted by Crippen LogP contribution is 2.11. The van der Waals surface area contributed by atoms with Gasteiger partial charge in [0.1, 0.15) is 0 Å². The lowest BCUT2D eigenvalue weighted by Crippen LogP contribution is -2.33. The highest BCUT2D eigenvalue weighted by atomic mass is 32.2.